The molecule has 4 N–H and O–H groups in total. The first-order valence-electron chi connectivity index (χ1n) is 8.07. The van der Waals surface area contributed by atoms with E-state index in [-0.39, 0.29) is 5.95 Å². The highest BCUT2D eigenvalue weighted by atomic mass is 15.3. The molecular formula is C17H24N6. The van der Waals surface area contributed by atoms with Crippen LogP contribution in [0.1, 0.15) is 18.2 Å². The largest absolute Gasteiger partial charge is 0.382 e. The fraction of sp³-hybridized carbons (Fsp3) is 0.412. The summed E-state index contributed by atoms with van der Waals surface area (Å²) in [6.07, 6.45) is 0.796. The van der Waals surface area contributed by atoms with Gasteiger partial charge in [0.05, 0.1) is 5.69 Å². The zero-order chi connectivity index (χ0) is 16.4. The van der Waals surface area contributed by atoms with Crippen molar-refractivity contribution in [3.63, 3.8) is 0 Å². The third-order valence-corrected chi connectivity index (χ3v) is 4.33. The van der Waals surface area contributed by atoms with Gasteiger partial charge in [-0.2, -0.15) is 4.98 Å². The highest BCUT2D eigenvalue weighted by molar-refractivity contribution is 5.68. The predicted octanol–water partition coefficient (Wildman–Crippen LogP) is 1.84. The summed E-state index contributed by atoms with van der Waals surface area (Å²) in [5.41, 5.74) is 16.3. The van der Waals surface area contributed by atoms with Crippen LogP contribution < -0.4 is 21.3 Å². The van der Waals surface area contributed by atoms with Crippen molar-refractivity contribution in [1.29, 1.82) is 0 Å². The van der Waals surface area contributed by atoms with E-state index >= 15 is 0 Å². The summed E-state index contributed by atoms with van der Waals surface area (Å²) in [7, 11) is 0. The van der Waals surface area contributed by atoms with E-state index in [0.29, 0.717) is 5.82 Å². The van der Waals surface area contributed by atoms with E-state index in [1.165, 1.54) is 11.3 Å². The molecule has 1 aromatic carbocycles. The van der Waals surface area contributed by atoms with Crippen molar-refractivity contribution >= 4 is 23.1 Å². The first kappa shape index (κ1) is 15.4. The van der Waals surface area contributed by atoms with Gasteiger partial charge < -0.3 is 21.3 Å². The topological polar surface area (TPSA) is 84.3 Å². The maximum atomic E-state index is 6.10. The average Bonchev–Trinajstić information content (AvgIpc) is 2.55. The minimum atomic E-state index is 0.251. The Balaban J connectivity index is 1.75. The Kier molecular flexibility index (Phi) is 4.23. The lowest BCUT2D eigenvalue weighted by atomic mass is 10.1. The lowest BCUT2D eigenvalue weighted by Gasteiger charge is -2.38. The molecule has 0 unspecified atom stereocenters. The second-order valence-electron chi connectivity index (χ2n) is 5.93. The molecule has 2 heterocycles. The number of piperazine rings is 1. The Labute approximate surface area is 137 Å². The third kappa shape index (κ3) is 3.16. The van der Waals surface area contributed by atoms with Gasteiger partial charge in [-0.3, -0.25) is 0 Å². The fourth-order valence-electron chi connectivity index (χ4n) is 3.08. The van der Waals surface area contributed by atoms with Crippen LogP contribution in [0.15, 0.2) is 24.3 Å². The number of aromatic nitrogens is 2. The Morgan fingerprint density at radius 3 is 2.17 bits per heavy atom. The Bertz CT molecular complexity index is 674. The quantitative estimate of drug-likeness (QED) is 0.899. The molecule has 1 saturated heterocycles. The van der Waals surface area contributed by atoms with Crippen molar-refractivity contribution in [3.8, 4) is 0 Å². The molecule has 3 rings (SSSR count). The summed E-state index contributed by atoms with van der Waals surface area (Å²) in [4.78, 5) is 13.2. The van der Waals surface area contributed by atoms with Crippen LogP contribution in [0.3, 0.4) is 0 Å². The van der Waals surface area contributed by atoms with Gasteiger partial charge in [-0.25, -0.2) is 4.98 Å². The molecule has 0 atom stereocenters. The van der Waals surface area contributed by atoms with Gasteiger partial charge >= 0.3 is 0 Å². The molecule has 0 radical (unpaired) electrons. The molecule has 1 aliphatic rings. The van der Waals surface area contributed by atoms with Crippen LogP contribution >= 0.6 is 0 Å². The van der Waals surface area contributed by atoms with E-state index in [4.69, 9.17) is 11.5 Å². The van der Waals surface area contributed by atoms with Crippen molar-refractivity contribution in [2.24, 2.45) is 0 Å². The number of aryl methyl sites for hydroxylation is 2. The lowest BCUT2D eigenvalue weighted by Crippen LogP contribution is -2.47. The van der Waals surface area contributed by atoms with Crippen LogP contribution in [-0.2, 0) is 6.42 Å². The van der Waals surface area contributed by atoms with E-state index in [0.717, 1.165) is 44.0 Å². The molecule has 6 heteroatoms. The number of benzene rings is 1. The average molecular weight is 312 g/mol. The SMILES string of the molecule is CCc1nc(N)nc(N)c1N1CCN(c2ccc(C)cc2)CC1. The summed E-state index contributed by atoms with van der Waals surface area (Å²) in [6, 6.07) is 8.68. The molecule has 0 aliphatic carbocycles. The third-order valence-electron chi connectivity index (χ3n) is 4.33. The van der Waals surface area contributed by atoms with E-state index < -0.39 is 0 Å². The summed E-state index contributed by atoms with van der Waals surface area (Å²) in [5, 5.41) is 0. The van der Waals surface area contributed by atoms with Gasteiger partial charge in [-0.1, -0.05) is 24.6 Å². The molecule has 0 spiro atoms. The molecule has 2 aromatic rings. The van der Waals surface area contributed by atoms with Crippen LogP contribution in [0.5, 0.6) is 0 Å². The molecule has 0 saturated carbocycles. The van der Waals surface area contributed by atoms with E-state index in [9.17, 15) is 0 Å². The first-order chi connectivity index (χ1) is 11.1. The minimum absolute atomic E-state index is 0.251. The first-order valence-corrected chi connectivity index (χ1v) is 8.07. The van der Waals surface area contributed by atoms with Crippen molar-refractivity contribution in [2.75, 3.05) is 47.4 Å². The van der Waals surface area contributed by atoms with Crippen LogP contribution in [-0.4, -0.2) is 36.1 Å². The van der Waals surface area contributed by atoms with Crippen LogP contribution in [0, 0.1) is 6.92 Å². The standard InChI is InChI=1S/C17H24N6/c1-3-14-15(16(18)21-17(19)20-14)23-10-8-22(9-11-23)13-6-4-12(2)5-7-13/h4-7H,3,8-11H2,1-2H3,(H4,18,19,20,21). The second-order valence-corrected chi connectivity index (χ2v) is 5.93. The number of hydrogen-bond donors (Lipinski definition) is 2. The van der Waals surface area contributed by atoms with Crippen molar-refractivity contribution in [1.82, 2.24) is 9.97 Å². The van der Waals surface area contributed by atoms with Crippen LogP contribution in [0.25, 0.3) is 0 Å². The molecule has 1 aromatic heterocycles. The molecule has 1 aliphatic heterocycles. The normalized spacial score (nSPS) is 15.0. The van der Waals surface area contributed by atoms with Crippen molar-refractivity contribution < 1.29 is 0 Å². The smallest absolute Gasteiger partial charge is 0.222 e. The molecule has 6 nitrogen and oxygen atoms in total. The Hall–Kier alpha value is -2.50. The summed E-state index contributed by atoms with van der Waals surface area (Å²) in [6.45, 7) is 7.88. The zero-order valence-electron chi connectivity index (χ0n) is 13.8. The lowest BCUT2D eigenvalue weighted by molar-refractivity contribution is 0.649. The molecular weight excluding hydrogens is 288 g/mol. The predicted molar refractivity (Wildman–Crippen MR) is 95.8 cm³/mol. The summed E-state index contributed by atoms with van der Waals surface area (Å²) >= 11 is 0. The number of nitrogens with two attached hydrogens (primary N) is 2. The van der Waals surface area contributed by atoms with E-state index in [1.807, 2.05) is 0 Å². The van der Waals surface area contributed by atoms with Gasteiger partial charge in [0.1, 0.15) is 5.69 Å². The second kappa shape index (κ2) is 6.32. The number of anilines is 4. The fourth-order valence-corrected chi connectivity index (χ4v) is 3.08. The maximum absolute atomic E-state index is 6.10. The van der Waals surface area contributed by atoms with Gasteiger partial charge in [0, 0.05) is 31.9 Å². The van der Waals surface area contributed by atoms with Gasteiger partial charge in [0.25, 0.3) is 0 Å². The highest BCUT2D eigenvalue weighted by Gasteiger charge is 2.22. The number of nitrogens with zero attached hydrogens (tertiary/aromatic N) is 4. The summed E-state index contributed by atoms with van der Waals surface area (Å²) in [5.74, 6) is 0.736. The molecule has 23 heavy (non-hydrogen) atoms. The molecule has 0 bridgehead atoms. The van der Waals surface area contributed by atoms with Crippen LogP contribution in [0.2, 0.25) is 0 Å². The number of hydrogen-bond acceptors (Lipinski definition) is 6. The number of rotatable bonds is 3. The minimum Gasteiger partial charge on any atom is -0.382 e. The highest BCUT2D eigenvalue weighted by Crippen LogP contribution is 2.28. The van der Waals surface area contributed by atoms with E-state index in [1.54, 1.807) is 0 Å². The van der Waals surface area contributed by atoms with Crippen molar-refractivity contribution in [3.05, 3.63) is 35.5 Å². The van der Waals surface area contributed by atoms with Gasteiger partial charge in [-0.05, 0) is 25.5 Å². The van der Waals surface area contributed by atoms with Crippen molar-refractivity contribution in [2.45, 2.75) is 20.3 Å². The molecule has 122 valence electrons. The van der Waals surface area contributed by atoms with Gasteiger partial charge in [-0.15, -0.1) is 0 Å². The molecule has 0 amide bonds. The zero-order valence-corrected chi connectivity index (χ0v) is 13.8. The summed E-state index contributed by atoms with van der Waals surface area (Å²) < 4.78 is 0. The Morgan fingerprint density at radius 1 is 0.957 bits per heavy atom. The van der Waals surface area contributed by atoms with E-state index in [2.05, 4.69) is 57.9 Å². The van der Waals surface area contributed by atoms with Gasteiger partial charge in [0.15, 0.2) is 5.82 Å². The monoisotopic (exact) mass is 312 g/mol. The maximum Gasteiger partial charge on any atom is 0.222 e. The Morgan fingerprint density at radius 2 is 1.57 bits per heavy atom. The molecule has 1 fully saturated rings. The van der Waals surface area contributed by atoms with Gasteiger partial charge in [0.2, 0.25) is 5.95 Å². The van der Waals surface area contributed by atoms with Crippen LogP contribution in [0.4, 0.5) is 23.1 Å². The number of nitrogen functional groups attached to an aromatic ring is 2.